The number of benzene rings is 2. The summed E-state index contributed by atoms with van der Waals surface area (Å²) in [5, 5.41) is 8.92. The summed E-state index contributed by atoms with van der Waals surface area (Å²) in [6, 6.07) is 13.2. The summed E-state index contributed by atoms with van der Waals surface area (Å²) in [5.74, 6) is -0.505. The highest BCUT2D eigenvalue weighted by Gasteiger charge is 2.16. The molecule has 2 amide bonds. The Morgan fingerprint density at radius 3 is 2.26 bits per heavy atom. The van der Waals surface area contributed by atoms with Crippen molar-refractivity contribution in [2.75, 3.05) is 16.6 Å². The average Bonchev–Trinajstić information content (AvgIpc) is 3.26. The molecule has 3 rings (SSSR count). The minimum atomic E-state index is -3.76. The lowest BCUT2D eigenvalue weighted by molar-refractivity contribution is -0.116. The van der Waals surface area contributed by atoms with Crippen LogP contribution in [0.15, 0.2) is 64.2 Å². The van der Waals surface area contributed by atoms with Crippen LogP contribution in [0.1, 0.15) is 27.9 Å². The Labute approximate surface area is 185 Å². The molecule has 0 unspecified atom stereocenters. The zero-order chi connectivity index (χ0) is 22.4. The number of para-hydroxylation sites is 1. The molecular weight excluding hydrogens is 434 g/mol. The van der Waals surface area contributed by atoms with Crippen molar-refractivity contribution in [1.29, 1.82) is 0 Å². The van der Waals surface area contributed by atoms with Crippen LogP contribution in [0.25, 0.3) is 0 Å². The number of hydrogen-bond acceptors (Lipinski definition) is 5. The molecule has 1 aromatic heterocycles. The van der Waals surface area contributed by atoms with Crippen LogP contribution in [-0.2, 0) is 14.8 Å². The second-order valence-corrected chi connectivity index (χ2v) is 9.43. The maximum absolute atomic E-state index is 12.7. The van der Waals surface area contributed by atoms with E-state index in [1.165, 1.54) is 35.6 Å². The van der Waals surface area contributed by atoms with Gasteiger partial charge in [-0.1, -0.05) is 18.2 Å². The summed E-state index contributed by atoms with van der Waals surface area (Å²) >= 11 is 1.43. The molecule has 0 spiro atoms. The molecule has 0 aliphatic rings. The number of carbonyl (C=O) groups is 2. The number of sulfonamides is 1. The van der Waals surface area contributed by atoms with Crippen molar-refractivity contribution in [3.8, 4) is 0 Å². The molecule has 1 heterocycles. The topological polar surface area (TPSA) is 104 Å². The minimum absolute atomic E-state index is 0.0937. The summed E-state index contributed by atoms with van der Waals surface area (Å²) in [4.78, 5) is 24.0. The predicted molar refractivity (Wildman–Crippen MR) is 123 cm³/mol. The number of carbonyl (C=O) groups excluding carboxylic acids is 2. The molecule has 0 saturated heterocycles. The molecule has 7 nitrogen and oxygen atoms in total. The first-order valence-corrected chi connectivity index (χ1v) is 12.0. The molecule has 0 bridgehead atoms. The van der Waals surface area contributed by atoms with Crippen LogP contribution in [0.2, 0.25) is 0 Å². The van der Waals surface area contributed by atoms with E-state index in [1.807, 2.05) is 37.4 Å². The Morgan fingerprint density at radius 1 is 0.968 bits per heavy atom. The third kappa shape index (κ3) is 5.93. The predicted octanol–water partition coefficient (Wildman–Crippen LogP) is 3.92. The number of amides is 2. The van der Waals surface area contributed by atoms with Crippen molar-refractivity contribution >= 4 is 44.5 Å². The monoisotopic (exact) mass is 457 g/mol. The Balaban J connectivity index is 1.55. The molecule has 9 heteroatoms. The van der Waals surface area contributed by atoms with E-state index < -0.39 is 10.0 Å². The Morgan fingerprint density at radius 2 is 1.65 bits per heavy atom. The molecule has 0 aliphatic carbocycles. The number of thiophene rings is 1. The molecule has 162 valence electrons. The largest absolute Gasteiger partial charge is 0.351 e. The van der Waals surface area contributed by atoms with E-state index in [4.69, 9.17) is 0 Å². The molecule has 0 aliphatic heterocycles. The van der Waals surface area contributed by atoms with Crippen molar-refractivity contribution in [2.24, 2.45) is 0 Å². The van der Waals surface area contributed by atoms with Gasteiger partial charge in [-0.05, 0) is 60.7 Å². The van der Waals surface area contributed by atoms with Gasteiger partial charge in [0.1, 0.15) is 0 Å². The summed E-state index contributed by atoms with van der Waals surface area (Å²) in [6.45, 7) is 3.88. The third-order valence-electron chi connectivity index (χ3n) is 4.59. The maximum atomic E-state index is 12.7. The van der Waals surface area contributed by atoms with E-state index in [0.717, 1.165) is 11.1 Å². The van der Waals surface area contributed by atoms with Gasteiger partial charge in [0.25, 0.3) is 15.9 Å². The molecule has 3 aromatic rings. The van der Waals surface area contributed by atoms with Gasteiger partial charge in [-0.3, -0.25) is 14.3 Å². The van der Waals surface area contributed by atoms with Gasteiger partial charge < -0.3 is 10.6 Å². The van der Waals surface area contributed by atoms with Crippen molar-refractivity contribution in [1.82, 2.24) is 5.32 Å². The molecule has 31 heavy (non-hydrogen) atoms. The van der Waals surface area contributed by atoms with Crippen molar-refractivity contribution < 1.29 is 18.0 Å². The smallest absolute Gasteiger partial charge is 0.261 e. The van der Waals surface area contributed by atoms with E-state index >= 15 is 0 Å². The number of aryl methyl sites for hydroxylation is 2. The van der Waals surface area contributed by atoms with E-state index in [9.17, 15) is 18.0 Å². The average molecular weight is 458 g/mol. The SMILES string of the molecule is Cc1cccc(C)c1NS(=O)(=O)c1ccc(NC(=O)CCNC(=O)c2ccsc2)cc1. The van der Waals surface area contributed by atoms with E-state index in [0.29, 0.717) is 16.9 Å². The second-order valence-electron chi connectivity index (χ2n) is 6.96. The third-order valence-corrected chi connectivity index (χ3v) is 6.64. The summed E-state index contributed by atoms with van der Waals surface area (Å²) in [7, 11) is -3.76. The molecule has 3 N–H and O–H groups in total. The number of nitrogens with one attached hydrogen (secondary N) is 3. The van der Waals surface area contributed by atoms with Gasteiger partial charge in [0.2, 0.25) is 5.91 Å². The van der Waals surface area contributed by atoms with Crippen molar-refractivity contribution in [3.05, 3.63) is 76.0 Å². The second kappa shape index (κ2) is 9.76. The van der Waals surface area contributed by atoms with Gasteiger partial charge in [-0.15, -0.1) is 0 Å². The molecule has 0 saturated carbocycles. The lowest BCUT2D eigenvalue weighted by atomic mass is 10.1. The Bertz CT molecular complexity index is 1150. The van der Waals surface area contributed by atoms with E-state index in [1.54, 1.807) is 11.4 Å². The van der Waals surface area contributed by atoms with Crippen LogP contribution in [0.5, 0.6) is 0 Å². The van der Waals surface area contributed by atoms with Gasteiger partial charge in [0.15, 0.2) is 0 Å². The number of rotatable bonds is 8. The lowest BCUT2D eigenvalue weighted by Crippen LogP contribution is -2.27. The van der Waals surface area contributed by atoms with Crippen LogP contribution < -0.4 is 15.4 Å². The zero-order valence-electron chi connectivity index (χ0n) is 17.1. The highest BCUT2D eigenvalue weighted by molar-refractivity contribution is 7.92. The number of anilines is 2. The quantitative estimate of drug-likeness (QED) is 0.477. The van der Waals surface area contributed by atoms with Crippen LogP contribution >= 0.6 is 11.3 Å². The summed E-state index contributed by atoms with van der Waals surface area (Å²) in [5.41, 5.74) is 3.26. The molecule has 0 atom stereocenters. The fourth-order valence-electron chi connectivity index (χ4n) is 2.89. The van der Waals surface area contributed by atoms with Crippen LogP contribution in [-0.4, -0.2) is 26.8 Å². The van der Waals surface area contributed by atoms with Crippen LogP contribution in [0.3, 0.4) is 0 Å². The Kier molecular flexibility index (Phi) is 7.09. The molecular formula is C22H23N3O4S2. The normalized spacial score (nSPS) is 11.0. The lowest BCUT2D eigenvalue weighted by Gasteiger charge is -2.13. The minimum Gasteiger partial charge on any atom is -0.351 e. The first kappa shape index (κ1) is 22.5. The number of hydrogen-bond donors (Lipinski definition) is 3. The fourth-order valence-corrected chi connectivity index (χ4v) is 4.73. The maximum Gasteiger partial charge on any atom is 0.261 e. The first-order chi connectivity index (χ1) is 14.8. The van der Waals surface area contributed by atoms with Gasteiger partial charge >= 0.3 is 0 Å². The molecule has 0 radical (unpaired) electrons. The molecule has 2 aromatic carbocycles. The van der Waals surface area contributed by atoms with Crippen molar-refractivity contribution in [2.45, 2.75) is 25.2 Å². The van der Waals surface area contributed by atoms with E-state index in [2.05, 4.69) is 15.4 Å². The van der Waals surface area contributed by atoms with Gasteiger partial charge in [-0.25, -0.2) is 8.42 Å². The van der Waals surface area contributed by atoms with Gasteiger partial charge in [-0.2, -0.15) is 11.3 Å². The Hall–Kier alpha value is -3.17. The van der Waals surface area contributed by atoms with Gasteiger partial charge in [0, 0.05) is 29.6 Å². The van der Waals surface area contributed by atoms with E-state index in [-0.39, 0.29) is 29.7 Å². The summed E-state index contributed by atoms with van der Waals surface area (Å²) in [6.07, 6.45) is 0.101. The fraction of sp³-hybridized carbons (Fsp3) is 0.182. The standard InChI is InChI=1S/C22H23N3O4S2/c1-15-4-3-5-16(2)21(15)25-31(28,29)19-8-6-18(7-9-19)24-20(26)10-12-23-22(27)17-11-13-30-14-17/h3-9,11,13-14,25H,10,12H2,1-2H3,(H,23,27)(H,24,26). The van der Waals surface area contributed by atoms with Crippen LogP contribution in [0.4, 0.5) is 11.4 Å². The summed E-state index contributed by atoms with van der Waals surface area (Å²) < 4.78 is 28.0. The van der Waals surface area contributed by atoms with Crippen molar-refractivity contribution in [3.63, 3.8) is 0 Å². The first-order valence-electron chi connectivity index (χ1n) is 9.55. The van der Waals surface area contributed by atoms with Gasteiger partial charge in [0.05, 0.1) is 10.6 Å². The zero-order valence-corrected chi connectivity index (χ0v) is 18.8. The highest BCUT2D eigenvalue weighted by atomic mass is 32.2. The van der Waals surface area contributed by atoms with Crippen LogP contribution in [0, 0.1) is 13.8 Å². The molecule has 0 fully saturated rings. The highest BCUT2D eigenvalue weighted by Crippen LogP contribution is 2.24.